The minimum atomic E-state index is -0.259. The molecule has 0 spiro atoms. The van der Waals surface area contributed by atoms with Gasteiger partial charge in [-0.1, -0.05) is 0 Å². The van der Waals surface area contributed by atoms with Gasteiger partial charge < -0.3 is 16.0 Å². The second kappa shape index (κ2) is 8.26. The number of carbonyl (C=O) groups excluding carboxylic acids is 2. The Morgan fingerprint density at radius 3 is 2.64 bits per heavy atom. The third kappa shape index (κ3) is 4.37. The van der Waals surface area contributed by atoms with Crippen LogP contribution in [0.3, 0.4) is 0 Å². The Kier molecular flexibility index (Phi) is 6.05. The van der Waals surface area contributed by atoms with E-state index in [0.717, 1.165) is 13.0 Å². The summed E-state index contributed by atoms with van der Waals surface area (Å²) in [6.45, 7) is 1.44. The number of amides is 2. The van der Waals surface area contributed by atoms with Crippen molar-refractivity contribution in [2.45, 2.75) is 6.42 Å². The molecule has 2 heterocycles. The third-order valence-electron chi connectivity index (χ3n) is 2.95. The van der Waals surface area contributed by atoms with Crippen LogP contribution in [0.4, 0.5) is 5.69 Å². The molecule has 22 heavy (non-hydrogen) atoms. The lowest BCUT2D eigenvalue weighted by molar-refractivity contribution is 0.0958. The molecule has 0 atom stereocenters. The summed E-state index contributed by atoms with van der Waals surface area (Å²) in [5, 5.41) is 10.4. The predicted molar refractivity (Wildman–Crippen MR) is 87.4 cm³/mol. The number of hydrogen-bond donors (Lipinski definition) is 3. The van der Waals surface area contributed by atoms with Crippen LogP contribution in [0.5, 0.6) is 0 Å². The van der Waals surface area contributed by atoms with Crippen LogP contribution in [-0.4, -0.2) is 36.9 Å². The maximum atomic E-state index is 12.1. The molecule has 3 N–H and O–H groups in total. The lowest BCUT2D eigenvalue weighted by Crippen LogP contribution is -2.27. The number of nitrogens with zero attached hydrogens (tertiary/aromatic N) is 1. The van der Waals surface area contributed by atoms with Gasteiger partial charge in [0.1, 0.15) is 4.88 Å². The van der Waals surface area contributed by atoms with Crippen LogP contribution in [-0.2, 0) is 0 Å². The molecule has 0 saturated carbocycles. The van der Waals surface area contributed by atoms with Crippen molar-refractivity contribution in [3.05, 3.63) is 46.4 Å². The molecule has 0 saturated heterocycles. The molecule has 0 aliphatic carbocycles. The lowest BCUT2D eigenvalue weighted by atomic mass is 10.2. The summed E-state index contributed by atoms with van der Waals surface area (Å²) >= 11 is 1.30. The van der Waals surface area contributed by atoms with Crippen molar-refractivity contribution in [2.24, 2.45) is 0 Å². The normalized spacial score (nSPS) is 10.2. The van der Waals surface area contributed by atoms with E-state index in [-0.39, 0.29) is 11.8 Å². The molecule has 0 bridgehead atoms. The number of pyridine rings is 1. The monoisotopic (exact) mass is 318 g/mol. The lowest BCUT2D eigenvalue weighted by Gasteiger charge is -2.07. The Balaban J connectivity index is 1.97. The van der Waals surface area contributed by atoms with E-state index in [2.05, 4.69) is 20.9 Å². The summed E-state index contributed by atoms with van der Waals surface area (Å²) in [4.78, 5) is 28.6. The molecule has 0 aliphatic rings. The van der Waals surface area contributed by atoms with Crippen LogP contribution in [0.1, 0.15) is 26.5 Å². The molecular formula is C15H18N4O2S. The fraction of sp³-hybridized carbons (Fsp3) is 0.267. The summed E-state index contributed by atoms with van der Waals surface area (Å²) in [5.41, 5.74) is 1.03. The average molecular weight is 318 g/mol. The van der Waals surface area contributed by atoms with Crippen molar-refractivity contribution in [3.8, 4) is 0 Å². The van der Waals surface area contributed by atoms with Crippen LogP contribution in [0.15, 0.2) is 36.0 Å². The summed E-state index contributed by atoms with van der Waals surface area (Å²) < 4.78 is 0. The zero-order valence-electron chi connectivity index (χ0n) is 12.3. The van der Waals surface area contributed by atoms with E-state index in [0.29, 0.717) is 22.7 Å². The van der Waals surface area contributed by atoms with Crippen LogP contribution in [0, 0.1) is 0 Å². The van der Waals surface area contributed by atoms with Gasteiger partial charge in [0.2, 0.25) is 0 Å². The van der Waals surface area contributed by atoms with Crippen LogP contribution in [0.25, 0.3) is 0 Å². The number of rotatable bonds is 7. The Morgan fingerprint density at radius 1 is 1.14 bits per heavy atom. The SMILES string of the molecule is CNCCCNC(=O)c1sccc1NC(=O)c1ccncc1. The quantitative estimate of drug-likeness (QED) is 0.679. The smallest absolute Gasteiger partial charge is 0.263 e. The van der Waals surface area contributed by atoms with Crippen molar-refractivity contribution < 1.29 is 9.59 Å². The fourth-order valence-corrected chi connectivity index (χ4v) is 2.59. The van der Waals surface area contributed by atoms with E-state index in [4.69, 9.17) is 0 Å². The van der Waals surface area contributed by atoms with Gasteiger partial charge in [0, 0.05) is 24.5 Å². The maximum Gasteiger partial charge on any atom is 0.263 e. The molecule has 0 unspecified atom stereocenters. The second-order valence-corrected chi connectivity index (χ2v) is 5.48. The van der Waals surface area contributed by atoms with E-state index < -0.39 is 0 Å². The van der Waals surface area contributed by atoms with Crippen molar-refractivity contribution in [2.75, 3.05) is 25.5 Å². The topological polar surface area (TPSA) is 83.1 Å². The molecule has 6 nitrogen and oxygen atoms in total. The Hall–Kier alpha value is -2.25. The molecule has 0 aromatic carbocycles. The van der Waals surface area contributed by atoms with Gasteiger partial charge >= 0.3 is 0 Å². The second-order valence-electron chi connectivity index (χ2n) is 4.57. The molecule has 0 aliphatic heterocycles. The van der Waals surface area contributed by atoms with Gasteiger partial charge in [-0.05, 0) is 43.6 Å². The van der Waals surface area contributed by atoms with Gasteiger partial charge in [0.25, 0.3) is 11.8 Å². The average Bonchev–Trinajstić information content (AvgIpc) is 3.00. The highest BCUT2D eigenvalue weighted by molar-refractivity contribution is 7.12. The highest BCUT2D eigenvalue weighted by atomic mass is 32.1. The van der Waals surface area contributed by atoms with E-state index >= 15 is 0 Å². The minimum absolute atomic E-state index is 0.170. The Labute approximate surface area is 133 Å². The fourth-order valence-electron chi connectivity index (χ4n) is 1.83. The third-order valence-corrected chi connectivity index (χ3v) is 3.86. The number of carbonyl (C=O) groups is 2. The molecular weight excluding hydrogens is 300 g/mol. The minimum Gasteiger partial charge on any atom is -0.351 e. The Morgan fingerprint density at radius 2 is 1.91 bits per heavy atom. The van der Waals surface area contributed by atoms with E-state index in [1.165, 1.54) is 11.3 Å². The first-order valence-corrected chi connectivity index (χ1v) is 7.82. The predicted octanol–water partition coefficient (Wildman–Crippen LogP) is 1.73. The molecule has 2 amide bonds. The molecule has 0 radical (unpaired) electrons. The number of aromatic nitrogens is 1. The first kappa shape index (κ1) is 16.1. The van der Waals surface area contributed by atoms with Crippen molar-refractivity contribution in [1.82, 2.24) is 15.6 Å². The largest absolute Gasteiger partial charge is 0.351 e. The van der Waals surface area contributed by atoms with Crippen LogP contribution >= 0.6 is 11.3 Å². The summed E-state index contributed by atoms with van der Waals surface area (Å²) in [5.74, 6) is -0.429. The van der Waals surface area contributed by atoms with Crippen LogP contribution in [0.2, 0.25) is 0 Å². The van der Waals surface area contributed by atoms with Gasteiger partial charge in [-0.2, -0.15) is 0 Å². The summed E-state index contributed by atoms with van der Waals surface area (Å²) in [6.07, 6.45) is 3.96. The van der Waals surface area contributed by atoms with Crippen LogP contribution < -0.4 is 16.0 Å². The first-order chi connectivity index (χ1) is 10.7. The van der Waals surface area contributed by atoms with Gasteiger partial charge in [-0.3, -0.25) is 14.6 Å². The van der Waals surface area contributed by atoms with Gasteiger partial charge in [-0.15, -0.1) is 11.3 Å². The van der Waals surface area contributed by atoms with Gasteiger partial charge in [0.05, 0.1) is 5.69 Å². The summed E-state index contributed by atoms with van der Waals surface area (Å²) in [6, 6.07) is 4.98. The van der Waals surface area contributed by atoms with Crippen molar-refractivity contribution in [3.63, 3.8) is 0 Å². The zero-order chi connectivity index (χ0) is 15.8. The molecule has 2 aromatic heterocycles. The standard InChI is InChI=1S/C15H18N4O2S/c1-16-6-2-7-18-15(21)13-12(5-10-22-13)19-14(20)11-3-8-17-9-4-11/h3-5,8-10,16H,2,6-7H2,1H3,(H,18,21)(H,19,20). The first-order valence-electron chi connectivity index (χ1n) is 6.94. The molecule has 2 aromatic rings. The van der Waals surface area contributed by atoms with Crippen molar-refractivity contribution in [1.29, 1.82) is 0 Å². The molecule has 116 valence electrons. The number of thiophene rings is 1. The molecule has 7 heteroatoms. The summed E-state index contributed by atoms with van der Waals surface area (Å²) in [7, 11) is 1.87. The Bertz CT molecular complexity index is 627. The highest BCUT2D eigenvalue weighted by Gasteiger charge is 2.15. The highest BCUT2D eigenvalue weighted by Crippen LogP contribution is 2.22. The number of hydrogen-bond acceptors (Lipinski definition) is 5. The number of anilines is 1. The van der Waals surface area contributed by atoms with E-state index in [1.807, 2.05) is 7.05 Å². The molecule has 2 rings (SSSR count). The number of nitrogens with one attached hydrogen (secondary N) is 3. The van der Waals surface area contributed by atoms with E-state index in [9.17, 15) is 9.59 Å². The van der Waals surface area contributed by atoms with E-state index in [1.54, 1.807) is 36.0 Å². The van der Waals surface area contributed by atoms with Crippen molar-refractivity contribution >= 4 is 28.8 Å². The van der Waals surface area contributed by atoms with Gasteiger partial charge in [0.15, 0.2) is 0 Å². The maximum absolute atomic E-state index is 12.1. The molecule has 0 fully saturated rings. The van der Waals surface area contributed by atoms with Gasteiger partial charge in [-0.25, -0.2) is 0 Å². The zero-order valence-corrected chi connectivity index (χ0v) is 13.1.